The summed E-state index contributed by atoms with van der Waals surface area (Å²) >= 11 is 12.4. The average molecular weight is 518 g/mol. The van der Waals surface area contributed by atoms with Crippen LogP contribution in [-0.4, -0.2) is 16.8 Å². The van der Waals surface area contributed by atoms with E-state index in [0.717, 1.165) is 11.8 Å². The first-order valence-corrected chi connectivity index (χ1v) is 11.8. The fourth-order valence-corrected chi connectivity index (χ4v) is 4.71. The molecule has 1 amide bonds. The summed E-state index contributed by atoms with van der Waals surface area (Å²) in [6.45, 7) is 2.28. The van der Waals surface area contributed by atoms with Crippen LogP contribution in [0, 0.1) is 11.6 Å². The molecule has 1 heterocycles. The van der Waals surface area contributed by atoms with Gasteiger partial charge in [-0.15, -0.1) is 0 Å². The standard InChI is InChI=1S/C25H18ClF2NO3S2/c1-2-31-22-11-15(7-10-21(22)32-14-16-5-3-4-6-19(16)27)12-23-24(30)29(25(33)34-23)17-8-9-20(28)18(26)13-17/h3-13H,2,14H2,1H3/b23-12+. The second-order valence-electron chi connectivity index (χ2n) is 7.13. The summed E-state index contributed by atoms with van der Waals surface area (Å²) in [4.78, 5) is 14.7. The van der Waals surface area contributed by atoms with E-state index in [0.29, 0.717) is 44.1 Å². The first-order chi connectivity index (χ1) is 16.4. The van der Waals surface area contributed by atoms with Gasteiger partial charge in [0.05, 0.1) is 22.2 Å². The number of hydrogen-bond donors (Lipinski definition) is 0. The molecule has 0 N–H and O–H groups in total. The van der Waals surface area contributed by atoms with Crippen molar-refractivity contribution >= 4 is 57.6 Å². The van der Waals surface area contributed by atoms with Crippen LogP contribution in [0.1, 0.15) is 18.1 Å². The van der Waals surface area contributed by atoms with Crippen molar-refractivity contribution in [2.24, 2.45) is 0 Å². The van der Waals surface area contributed by atoms with Crippen molar-refractivity contribution in [3.8, 4) is 11.5 Å². The van der Waals surface area contributed by atoms with E-state index in [1.807, 2.05) is 6.92 Å². The number of carbonyl (C=O) groups excluding carboxylic acids is 1. The smallest absolute Gasteiger partial charge is 0.270 e. The molecule has 1 aliphatic heterocycles. The van der Waals surface area contributed by atoms with Crippen LogP contribution < -0.4 is 14.4 Å². The topological polar surface area (TPSA) is 38.8 Å². The Labute approximate surface area is 210 Å². The maximum absolute atomic E-state index is 13.9. The fourth-order valence-electron chi connectivity index (χ4n) is 3.24. The Morgan fingerprint density at radius 1 is 1.03 bits per heavy atom. The van der Waals surface area contributed by atoms with Gasteiger partial charge in [0.25, 0.3) is 5.91 Å². The van der Waals surface area contributed by atoms with E-state index in [1.165, 1.54) is 29.2 Å². The molecule has 1 saturated heterocycles. The van der Waals surface area contributed by atoms with Crippen molar-refractivity contribution in [2.75, 3.05) is 11.5 Å². The van der Waals surface area contributed by atoms with Crippen molar-refractivity contribution < 1.29 is 23.0 Å². The molecule has 34 heavy (non-hydrogen) atoms. The first-order valence-electron chi connectivity index (χ1n) is 10.2. The summed E-state index contributed by atoms with van der Waals surface area (Å²) in [5.74, 6) is -0.339. The monoisotopic (exact) mass is 517 g/mol. The summed E-state index contributed by atoms with van der Waals surface area (Å²) in [5, 5.41) is -0.0946. The summed E-state index contributed by atoms with van der Waals surface area (Å²) < 4.78 is 39.2. The van der Waals surface area contributed by atoms with Gasteiger partial charge in [-0.3, -0.25) is 9.69 Å². The molecule has 0 atom stereocenters. The highest BCUT2D eigenvalue weighted by Gasteiger charge is 2.33. The maximum atomic E-state index is 13.9. The second kappa shape index (κ2) is 10.5. The van der Waals surface area contributed by atoms with Gasteiger partial charge in [0.15, 0.2) is 15.8 Å². The van der Waals surface area contributed by atoms with Gasteiger partial charge in [0, 0.05) is 5.56 Å². The molecule has 1 fully saturated rings. The van der Waals surface area contributed by atoms with Crippen molar-refractivity contribution in [3.63, 3.8) is 0 Å². The minimum atomic E-state index is -0.577. The van der Waals surface area contributed by atoms with Crippen molar-refractivity contribution in [1.82, 2.24) is 0 Å². The van der Waals surface area contributed by atoms with Crippen LogP contribution in [0.2, 0.25) is 5.02 Å². The number of anilines is 1. The Morgan fingerprint density at radius 2 is 1.82 bits per heavy atom. The molecule has 0 bridgehead atoms. The number of benzene rings is 3. The average Bonchev–Trinajstić information content (AvgIpc) is 3.09. The molecule has 0 saturated carbocycles. The third kappa shape index (κ3) is 5.24. The van der Waals surface area contributed by atoms with Crippen LogP contribution in [0.5, 0.6) is 11.5 Å². The van der Waals surface area contributed by atoms with Gasteiger partial charge in [-0.05, 0) is 55.0 Å². The predicted molar refractivity (Wildman–Crippen MR) is 135 cm³/mol. The largest absolute Gasteiger partial charge is 0.490 e. The molecule has 3 aromatic carbocycles. The Morgan fingerprint density at radius 3 is 2.56 bits per heavy atom. The highest BCUT2D eigenvalue weighted by Crippen LogP contribution is 2.38. The highest BCUT2D eigenvalue weighted by atomic mass is 35.5. The number of rotatable bonds is 7. The van der Waals surface area contributed by atoms with E-state index < -0.39 is 5.82 Å². The van der Waals surface area contributed by atoms with Crippen molar-refractivity contribution in [2.45, 2.75) is 13.5 Å². The first kappa shape index (κ1) is 24.2. The van der Waals surface area contributed by atoms with Gasteiger partial charge in [0.2, 0.25) is 0 Å². The van der Waals surface area contributed by atoms with Crippen LogP contribution in [0.15, 0.2) is 65.6 Å². The number of ether oxygens (including phenoxy) is 2. The highest BCUT2D eigenvalue weighted by molar-refractivity contribution is 8.27. The Hall–Kier alpha value is -2.94. The van der Waals surface area contributed by atoms with Gasteiger partial charge < -0.3 is 9.47 Å². The van der Waals surface area contributed by atoms with Gasteiger partial charge in [0.1, 0.15) is 18.2 Å². The number of amides is 1. The van der Waals surface area contributed by atoms with E-state index >= 15 is 0 Å². The number of halogens is 3. The van der Waals surface area contributed by atoms with Crippen LogP contribution in [0.4, 0.5) is 14.5 Å². The molecule has 0 spiro atoms. The zero-order chi connectivity index (χ0) is 24.2. The molecule has 1 aliphatic rings. The van der Waals surface area contributed by atoms with Crippen LogP contribution >= 0.6 is 35.6 Å². The van der Waals surface area contributed by atoms with E-state index in [-0.39, 0.29) is 23.4 Å². The Bertz CT molecular complexity index is 1300. The predicted octanol–water partition coefficient (Wildman–Crippen LogP) is 7.00. The van der Waals surface area contributed by atoms with E-state index in [9.17, 15) is 13.6 Å². The number of nitrogens with zero attached hydrogens (tertiary/aromatic N) is 1. The quantitative estimate of drug-likeness (QED) is 0.249. The van der Waals surface area contributed by atoms with Gasteiger partial charge >= 0.3 is 0 Å². The van der Waals surface area contributed by atoms with Gasteiger partial charge in [-0.2, -0.15) is 0 Å². The number of thiocarbonyl (C=S) groups is 1. The summed E-state index contributed by atoms with van der Waals surface area (Å²) in [6.07, 6.45) is 1.69. The summed E-state index contributed by atoms with van der Waals surface area (Å²) in [5.41, 5.74) is 1.52. The van der Waals surface area contributed by atoms with Crippen LogP contribution in [-0.2, 0) is 11.4 Å². The SMILES string of the molecule is CCOc1cc(/C=C2/SC(=S)N(c3ccc(F)c(Cl)c3)C2=O)ccc1OCc1ccccc1F. The molecule has 174 valence electrons. The molecule has 4 rings (SSSR count). The number of hydrogen-bond acceptors (Lipinski definition) is 5. The maximum Gasteiger partial charge on any atom is 0.270 e. The fraction of sp³-hybridized carbons (Fsp3) is 0.120. The molecule has 0 aliphatic carbocycles. The van der Waals surface area contributed by atoms with Crippen LogP contribution in [0.25, 0.3) is 6.08 Å². The lowest BCUT2D eigenvalue weighted by molar-refractivity contribution is -0.113. The number of carbonyl (C=O) groups is 1. The lowest BCUT2D eigenvalue weighted by Gasteiger charge is -2.15. The van der Waals surface area contributed by atoms with Crippen molar-refractivity contribution in [3.05, 3.63) is 93.4 Å². The van der Waals surface area contributed by atoms with Gasteiger partial charge in [-0.25, -0.2) is 8.78 Å². The van der Waals surface area contributed by atoms with Crippen molar-refractivity contribution in [1.29, 1.82) is 0 Å². The molecule has 3 aromatic rings. The summed E-state index contributed by atoms with van der Waals surface area (Å²) in [7, 11) is 0. The third-order valence-corrected chi connectivity index (χ3v) is 6.45. The molecular weight excluding hydrogens is 500 g/mol. The van der Waals surface area contributed by atoms with Crippen LogP contribution in [0.3, 0.4) is 0 Å². The summed E-state index contributed by atoms with van der Waals surface area (Å²) in [6, 6.07) is 15.6. The lowest BCUT2D eigenvalue weighted by atomic mass is 10.1. The molecule has 4 nitrogen and oxygen atoms in total. The molecule has 0 unspecified atom stereocenters. The van der Waals surface area contributed by atoms with E-state index in [4.69, 9.17) is 33.3 Å². The van der Waals surface area contributed by atoms with Gasteiger partial charge in [-0.1, -0.05) is 59.8 Å². The van der Waals surface area contributed by atoms with E-state index in [1.54, 1.807) is 42.5 Å². The lowest BCUT2D eigenvalue weighted by Crippen LogP contribution is -2.27. The zero-order valence-electron chi connectivity index (χ0n) is 17.9. The molecule has 0 aromatic heterocycles. The zero-order valence-corrected chi connectivity index (χ0v) is 20.3. The molecule has 9 heteroatoms. The normalized spacial score (nSPS) is 14.7. The Kier molecular flexibility index (Phi) is 7.50. The second-order valence-corrected chi connectivity index (χ2v) is 9.22. The minimum Gasteiger partial charge on any atom is -0.490 e. The number of thioether (sulfide) groups is 1. The minimum absolute atomic E-state index is 0.0466. The molecule has 0 radical (unpaired) electrons. The molecular formula is C25H18ClF2NO3S2. The van der Waals surface area contributed by atoms with E-state index in [2.05, 4.69) is 0 Å². The third-order valence-electron chi connectivity index (χ3n) is 4.86. The Balaban J connectivity index is 1.56.